The molecule has 6 heteroatoms. The molecule has 0 heterocycles. The Bertz CT molecular complexity index is 742. The van der Waals surface area contributed by atoms with Crippen LogP contribution in [0.5, 0.6) is 11.5 Å². The first-order valence-electron chi connectivity index (χ1n) is 7.36. The number of amides is 1. The molecule has 2 aromatic rings. The topological polar surface area (TPSA) is 84.9 Å². The van der Waals surface area contributed by atoms with Gasteiger partial charge in [0.2, 0.25) is 0 Å². The van der Waals surface area contributed by atoms with Gasteiger partial charge in [0.15, 0.2) is 6.61 Å². The van der Waals surface area contributed by atoms with E-state index in [1.54, 1.807) is 26.2 Å². The summed E-state index contributed by atoms with van der Waals surface area (Å²) in [6.45, 7) is 1.62. The van der Waals surface area contributed by atoms with Crippen LogP contribution in [0, 0.1) is 6.92 Å². The summed E-state index contributed by atoms with van der Waals surface area (Å²) >= 11 is 0. The van der Waals surface area contributed by atoms with Gasteiger partial charge in [-0.1, -0.05) is 24.3 Å². The third-order valence-corrected chi connectivity index (χ3v) is 3.38. The van der Waals surface area contributed by atoms with Crippen LogP contribution >= 0.6 is 0 Å². The van der Waals surface area contributed by atoms with Gasteiger partial charge >= 0.3 is 5.97 Å². The predicted molar refractivity (Wildman–Crippen MR) is 88.0 cm³/mol. The summed E-state index contributed by atoms with van der Waals surface area (Å²) in [6, 6.07) is 11.9. The normalized spacial score (nSPS) is 10.1. The van der Waals surface area contributed by atoms with Gasteiger partial charge in [0.05, 0.1) is 7.11 Å². The van der Waals surface area contributed by atoms with Crippen LogP contribution < -0.4 is 10.1 Å². The summed E-state index contributed by atoms with van der Waals surface area (Å²) in [4.78, 5) is 23.7. The van der Waals surface area contributed by atoms with Crippen molar-refractivity contribution in [1.29, 1.82) is 0 Å². The lowest BCUT2D eigenvalue weighted by Gasteiger charge is -2.10. The number of ether oxygens (including phenoxy) is 2. The molecule has 0 saturated heterocycles. The van der Waals surface area contributed by atoms with Crippen LogP contribution in [0.2, 0.25) is 0 Å². The number of esters is 1. The van der Waals surface area contributed by atoms with Crippen LogP contribution in [0.25, 0.3) is 0 Å². The molecule has 0 aliphatic heterocycles. The predicted octanol–water partition coefficient (Wildman–Crippen LogP) is 2.18. The molecule has 0 atom stereocenters. The van der Waals surface area contributed by atoms with Crippen LogP contribution in [0.15, 0.2) is 42.5 Å². The average Bonchev–Trinajstić information content (AvgIpc) is 2.58. The van der Waals surface area contributed by atoms with Gasteiger partial charge in [-0.05, 0) is 30.7 Å². The Kier molecular flexibility index (Phi) is 5.78. The molecule has 0 unspecified atom stereocenters. The molecule has 2 N–H and O–H groups in total. The summed E-state index contributed by atoms with van der Waals surface area (Å²) in [7, 11) is 1.55. The second-order valence-electron chi connectivity index (χ2n) is 5.19. The Balaban J connectivity index is 1.85. The zero-order valence-corrected chi connectivity index (χ0v) is 13.5. The maximum atomic E-state index is 11.9. The molecule has 1 amide bonds. The number of methoxy groups -OCH3 is 1. The molecule has 0 fully saturated rings. The van der Waals surface area contributed by atoms with Crippen molar-refractivity contribution in [2.75, 3.05) is 13.7 Å². The minimum atomic E-state index is -0.750. The van der Waals surface area contributed by atoms with E-state index in [0.717, 1.165) is 11.1 Å². The summed E-state index contributed by atoms with van der Waals surface area (Å²) in [5, 5.41) is 12.4. The maximum absolute atomic E-state index is 11.9. The highest BCUT2D eigenvalue weighted by molar-refractivity contribution is 5.93. The molecule has 0 bridgehead atoms. The standard InChI is InChI=1S/C18H19NO5/c1-12-7-8-14(15(20)9-12)18(22)24-11-17(21)19-10-13-5-3-4-6-16(13)23-2/h3-9,20H,10-11H2,1-2H3,(H,19,21). The van der Waals surface area contributed by atoms with E-state index in [1.165, 1.54) is 12.1 Å². The first-order valence-corrected chi connectivity index (χ1v) is 7.36. The molecule has 0 aliphatic rings. The third kappa shape index (κ3) is 4.49. The molecule has 2 aromatic carbocycles. The number of hydrogen-bond acceptors (Lipinski definition) is 5. The van der Waals surface area contributed by atoms with Gasteiger partial charge in [0, 0.05) is 12.1 Å². The molecule has 0 aliphatic carbocycles. The number of nitrogens with one attached hydrogen (secondary N) is 1. The van der Waals surface area contributed by atoms with E-state index < -0.39 is 18.5 Å². The quantitative estimate of drug-likeness (QED) is 0.794. The number of aryl methyl sites for hydroxylation is 1. The summed E-state index contributed by atoms with van der Waals surface area (Å²) in [5.41, 5.74) is 1.66. The van der Waals surface area contributed by atoms with E-state index in [0.29, 0.717) is 5.75 Å². The number of carbonyl (C=O) groups excluding carboxylic acids is 2. The number of rotatable bonds is 6. The van der Waals surface area contributed by atoms with Crippen molar-refractivity contribution in [3.05, 3.63) is 59.2 Å². The van der Waals surface area contributed by atoms with Crippen LogP contribution in [0.1, 0.15) is 21.5 Å². The number of hydrogen-bond donors (Lipinski definition) is 2. The summed E-state index contributed by atoms with van der Waals surface area (Å²) < 4.78 is 10.1. The van der Waals surface area contributed by atoms with Crippen LogP contribution in [-0.4, -0.2) is 30.7 Å². The van der Waals surface area contributed by atoms with Crippen molar-refractivity contribution in [3.8, 4) is 11.5 Å². The first kappa shape index (κ1) is 17.3. The van der Waals surface area contributed by atoms with E-state index in [-0.39, 0.29) is 17.9 Å². The SMILES string of the molecule is COc1ccccc1CNC(=O)COC(=O)c1ccc(C)cc1O. The van der Waals surface area contributed by atoms with E-state index in [4.69, 9.17) is 9.47 Å². The van der Waals surface area contributed by atoms with Gasteiger partial charge in [-0.15, -0.1) is 0 Å². The fourth-order valence-corrected chi connectivity index (χ4v) is 2.12. The zero-order chi connectivity index (χ0) is 17.5. The smallest absolute Gasteiger partial charge is 0.342 e. The van der Waals surface area contributed by atoms with Crippen molar-refractivity contribution in [3.63, 3.8) is 0 Å². The minimum Gasteiger partial charge on any atom is -0.507 e. The van der Waals surface area contributed by atoms with Crippen LogP contribution in [0.4, 0.5) is 0 Å². The molecule has 24 heavy (non-hydrogen) atoms. The van der Waals surface area contributed by atoms with Crippen molar-refractivity contribution >= 4 is 11.9 Å². The molecule has 0 aromatic heterocycles. The van der Waals surface area contributed by atoms with Crippen molar-refractivity contribution in [1.82, 2.24) is 5.32 Å². The van der Waals surface area contributed by atoms with Crippen molar-refractivity contribution in [2.45, 2.75) is 13.5 Å². The highest BCUT2D eigenvalue weighted by Crippen LogP contribution is 2.19. The highest BCUT2D eigenvalue weighted by atomic mass is 16.5. The number of phenols is 1. The lowest BCUT2D eigenvalue weighted by atomic mass is 10.1. The first-order chi connectivity index (χ1) is 11.5. The summed E-state index contributed by atoms with van der Waals surface area (Å²) in [5.74, 6) is -0.699. The zero-order valence-electron chi connectivity index (χ0n) is 13.5. The molecule has 0 radical (unpaired) electrons. The average molecular weight is 329 g/mol. The van der Waals surface area contributed by atoms with Crippen LogP contribution in [0.3, 0.4) is 0 Å². The Labute approximate surface area is 140 Å². The summed E-state index contributed by atoms with van der Waals surface area (Å²) in [6.07, 6.45) is 0. The Morgan fingerprint density at radius 2 is 1.92 bits per heavy atom. The number of carbonyl (C=O) groups is 2. The van der Waals surface area contributed by atoms with Crippen LogP contribution in [-0.2, 0) is 16.1 Å². The lowest BCUT2D eigenvalue weighted by Crippen LogP contribution is -2.28. The fourth-order valence-electron chi connectivity index (χ4n) is 2.12. The molecule has 2 rings (SSSR count). The van der Waals surface area contributed by atoms with Gasteiger partial charge in [-0.2, -0.15) is 0 Å². The van der Waals surface area contributed by atoms with Gasteiger partial charge in [-0.25, -0.2) is 4.79 Å². The largest absolute Gasteiger partial charge is 0.507 e. The molecular weight excluding hydrogens is 310 g/mol. The van der Waals surface area contributed by atoms with Gasteiger partial charge in [-0.3, -0.25) is 4.79 Å². The minimum absolute atomic E-state index is 0.0260. The third-order valence-electron chi connectivity index (χ3n) is 3.38. The second-order valence-corrected chi connectivity index (χ2v) is 5.19. The number of benzene rings is 2. The van der Waals surface area contributed by atoms with Gasteiger partial charge < -0.3 is 19.9 Å². The second kappa shape index (κ2) is 8.01. The molecule has 6 nitrogen and oxygen atoms in total. The Morgan fingerprint density at radius 3 is 2.62 bits per heavy atom. The van der Waals surface area contributed by atoms with E-state index in [1.807, 2.05) is 18.2 Å². The monoisotopic (exact) mass is 329 g/mol. The Hall–Kier alpha value is -3.02. The Morgan fingerprint density at radius 1 is 1.17 bits per heavy atom. The molecule has 126 valence electrons. The van der Waals surface area contributed by atoms with Crippen molar-refractivity contribution in [2.24, 2.45) is 0 Å². The molecule has 0 saturated carbocycles. The molecular formula is C18H19NO5. The highest BCUT2D eigenvalue weighted by Gasteiger charge is 2.14. The fraction of sp³-hybridized carbons (Fsp3) is 0.222. The van der Waals surface area contributed by atoms with Gasteiger partial charge in [0.25, 0.3) is 5.91 Å². The van der Waals surface area contributed by atoms with E-state index in [2.05, 4.69) is 5.32 Å². The lowest BCUT2D eigenvalue weighted by molar-refractivity contribution is -0.124. The van der Waals surface area contributed by atoms with Gasteiger partial charge in [0.1, 0.15) is 17.1 Å². The number of aromatic hydroxyl groups is 1. The van der Waals surface area contributed by atoms with E-state index >= 15 is 0 Å². The maximum Gasteiger partial charge on any atom is 0.342 e. The number of phenolic OH excluding ortho intramolecular Hbond substituents is 1. The number of para-hydroxylation sites is 1. The van der Waals surface area contributed by atoms with Crippen molar-refractivity contribution < 1.29 is 24.2 Å². The molecule has 0 spiro atoms. The van der Waals surface area contributed by atoms with E-state index in [9.17, 15) is 14.7 Å².